The highest BCUT2D eigenvalue weighted by Crippen LogP contribution is 2.22. The third-order valence-electron chi connectivity index (χ3n) is 3.05. The first-order valence-corrected chi connectivity index (χ1v) is 6.48. The molecular weight excluding hydrogens is 210 g/mol. The lowest BCUT2D eigenvalue weighted by molar-refractivity contribution is 0.549. The number of rotatable bonds is 6. The van der Waals surface area contributed by atoms with Crippen LogP contribution in [0.5, 0.6) is 0 Å². The van der Waals surface area contributed by atoms with Gasteiger partial charge in [-0.2, -0.15) is 5.26 Å². The summed E-state index contributed by atoms with van der Waals surface area (Å²) in [5.74, 6) is 0.662. The number of hydrogen-bond acceptors (Lipinski definition) is 2. The molecule has 0 radical (unpaired) electrons. The van der Waals surface area contributed by atoms with Crippen LogP contribution in [0, 0.1) is 17.2 Å². The topological polar surface area (TPSA) is 54.7 Å². The standard InChI is InChI=1S/C14H23N3/c1-4-5-8-17-12(10-15)9-13(16)14(17)7-6-11(2)3/h9,11H,4-8,16H2,1-3H3. The molecule has 1 aromatic rings. The fourth-order valence-electron chi connectivity index (χ4n) is 1.98. The van der Waals surface area contributed by atoms with Crippen molar-refractivity contribution in [1.82, 2.24) is 4.57 Å². The average Bonchev–Trinajstić information content (AvgIpc) is 2.59. The van der Waals surface area contributed by atoms with Crippen LogP contribution in [0.1, 0.15) is 51.4 Å². The molecule has 2 N–H and O–H groups in total. The Labute approximate surface area is 104 Å². The molecule has 0 aliphatic heterocycles. The molecule has 0 saturated heterocycles. The zero-order chi connectivity index (χ0) is 12.8. The van der Waals surface area contributed by atoms with Gasteiger partial charge in [-0.1, -0.05) is 27.2 Å². The predicted octanol–water partition coefficient (Wildman–Crippen LogP) is 3.33. The van der Waals surface area contributed by atoms with Gasteiger partial charge in [0.15, 0.2) is 0 Å². The maximum absolute atomic E-state index is 9.11. The van der Waals surface area contributed by atoms with Crippen molar-refractivity contribution in [2.24, 2.45) is 5.92 Å². The van der Waals surface area contributed by atoms with Gasteiger partial charge in [0, 0.05) is 12.2 Å². The van der Waals surface area contributed by atoms with Crippen molar-refractivity contribution >= 4 is 5.69 Å². The van der Waals surface area contributed by atoms with E-state index in [1.54, 1.807) is 0 Å². The first-order chi connectivity index (χ1) is 8.10. The summed E-state index contributed by atoms with van der Waals surface area (Å²) in [6.45, 7) is 7.48. The van der Waals surface area contributed by atoms with Gasteiger partial charge in [-0.05, 0) is 31.2 Å². The highest BCUT2D eigenvalue weighted by molar-refractivity contribution is 5.50. The van der Waals surface area contributed by atoms with E-state index in [2.05, 4.69) is 31.4 Å². The van der Waals surface area contributed by atoms with E-state index < -0.39 is 0 Å². The zero-order valence-electron chi connectivity index (χ0n) is 11.2. The molecule has 0 spiro atoms. The van der Waals surface area contributed by atoms with E-state index in [9.17, 15) is 0 Å². The lowest BCUT2D eigenvalue weighted by atomic mass is 10.1. The molecule has 3 nitrogen and oxygen atoms in total. The second-order valence-corrected chi connectivity index (χ2v) is 4.98. The van der Waals surface area contributed by atoms with Crippen LogP contribution >= 0.6 is 0 Å². The minimum absolute atomic E-state index is 0.662. The van der Waals surface area contributed by atoms with E-state index in [0.717, 1.165) is 43.6 Å². The number of nitrogens with two attached hydrogens (primary N) is 1. The summed E-state index contributed by atoms with van der Waals surface area (Å²) in [5, 5.41) is 9.11. The Bertz CT molecular complexity index is 396. The highest BCUT2D eigenvalue weighted by Gasteiger charge is 2.12. The van der Waals surface area contributed by atoms with Crippen LogP contribution in [-0.2, 0) is 13.0 Å². The van der Waals surface area contributed by atoms with Crippen molar-refractivity contribution in [2.45, 2.75) is 53.0 Å². The van der Waals surface area contributed by atoms with Gasteiger partial charge in [0.05, 0.1) is 5.69 Å². The molecule has 1 aromatic heterocycles. The summed E-state index contributed by atoms with van der Waals surface area (Å²) in [6.07, 6.45) is 4.31. The molecule has 0 bridgehead atoms. The first kappa shape index (κ1) is 13.6. The lowest BCUT2D eigenvalue weighted by Crippen LogP contribution is -2.08. The fourth-order valence-corrected chi connectivity index (χ4v) is 1.98. The summed E-state index contributed by atoms with van der Waals surface area (Å²) < 4.78 is 2.10. The molecular formula is C14H23N3. The van der Waals surface area contributed by atoms with Crippen LogP contribution < -0.4 is 5.73 Å². The summed E-state index contributed by atoms with van der Waals surface area (Å²) in [6, 6.07) is 4.05. The molecule has 0 aromatic carbocycles. The number of anilines is 1. The predicted molar refractivity (Wildman–Crippen MR) is 71.6 cm³/mol. The van der Waals surface area contributed by atoms with Gasteiger partial charge in [0.25, 0.3) is 0 Å². The van der Waals surface area contributed by atoms with E-state index in [4.69, 9.17) is 11.0 Å². The summed E-state index contributed by atoms with van der Waals surface area (Å²) >= 11 is 0. The van der Waals surface area contributed by atoms with Gasteiger partial charge in [-0.15, -0.1) is 0 Å². The van der Waals surface area contributed by atoms with E-state index >= 15 is 0 Å². The molecule has 0 amide bonds. The van der Waals surface area contributed by atoms with Gasteiger partial charge in [-0.25, -0.2) is 0 Å². The molecule has 1 rings (SSSR count). The molecule has 94 valence electrons. The van der Waals surface area contributed by atoms with Crippen molar-refractivity contribution < 1.29 is 0 Å². The summed E-state index contributed by atoms with van der Waals surface area (Å²) in [5.41, 5.74) is 8.63. The van der Waals surface area contributed by atoms with Crippen molar-refractivity contribution in [3.63, 3.8) is 0 Å². The van der Waals surface area contributed by atoms with Crippen molar-refractivity contribution in [1.29, 1.82) is 5.26 Å². The monoisotopic (exact) mass is 233 g/mol. The van der Waals surface area contributed by atoms with Gasteiger partial charge in [0.2, 0.25) is 0 Å². The maximum atomic E-state index is 9.11. The van der Waals surface area contributed by atoms with Crippen LogP contribution in [-0.4, -0.2) is 4.57 Å². The zero-order valence-corrected chi connectivity index (χ0v) is 11.2. The van der Waals surface area contributed by atoms with Crippen LogP contribution in [0.3, 0.4) is 0 Å². The Morgan fingerprint density at radius 1 is 1.47 bits per heavy atom. The number of unbranched alkanes of at least 4 members (excludes halogenated alkanes) is 1. The number of nitriles is 1. The SMILES string of the molecule is CCCCn1c(C#N)cc(N)c1CCC(C)C. The molecule has 0 fully saturated rings. The number of nitrogens with zero attached hydrogens (tertiary/aromatic N) is 2. The Kier molecular flexibility index (Phi) is 5.09. The second-order valence-electron chi connectivity index (χ2n) is 4.98. The second kappa shape index (κ2) is 6.34. The third-order valence-corrected chi connectivity index (χ3v) is 3.05. The number of aromatic nitrogens is 1. The molecule has 3 heteroatoms. The Balaban J connectivity index is 2.92. The van der Waals surface area contributed by atoms with Gasteiger partial charge in [0.1, 0.15) is 11.8 Å². The molecule has 0 aliphatic carbocycles. The van der Waals surface area contributed by atoms with Crippen LogP contribution in [0.15, 0.2) is 6.07 Å². The summed E-state index contributed by atoms with van der Waals surface area (Å²) in [7, 11) is 0. The summed E-state index contributed by atoms with van der Waals surface area (Å²) in [4.78, 5) is 0. The molecule has 0 unspecified atom stereocenters. The Morgan fingerprint density at radius 2 is 2.18 bits per heavy atom. The minimum atomic E-state index is 0.662. The largest absolute Gasteiger partial charge is 0.397 e. The van der Waals surface area contributed by atoms with Gasteiger partial charge >= 0.3 is 0 Å². The van der Waals surface area contributed by atoms with E-state index in [1.165, 1.54) is 0 Å². The Morgan fingerprint density at radius 3 is 2.71 bits per heavy atom. The van der Waals surface area contributed by atoms with Crippen LogP contribution in [0.4, 0.5) is 5.69 Å². The van der Waals surface area contributed by atoms with Crippen LogP contribution in [0.2, 0.25) is 0 Å². The molecule has 0 aliphatic rings. The molecule has 1 heterocycles. The minimum Gasteiger partial charge on any atom is -0.397 e. The van der Waals surface area contributed by atoms with E-state index in [0.29, 0.717) is 11.6 Å². The van der Waals surface area contributed by atoms with Crippen molar-refractivity contribution in [2.75, 3.05) is 5.73 Å². The Hall–Kier alpha value is -1.43. The van der Waals surface area contributed by atoms with E-state index in [-0.39, 0.29) is 0 Å². The van der Waals surface area contributed by atoms with E-state index in [1.807, 2.05) is 6.07 Å². The first-order valence-electron chi connectivity index (χ1n) is 6.48. The lowest BCUT2D eigenvalue weighted by Gasteiger charge is -2.12. The average molecular weight is 233 g/mol. The number of hydrogen-bond donors (Lipinski definition) is 1. The smallest absolute Gasteiger partial charge is 0.122 e. The van der Waals surface area contributed by atoms with Crippen molar-refractivity contribution in [3.8, 4) is 6.07 Å². The fraction of sp³-hybridized carbons (Fsp3) is 0.643. The molecule has 0 atom stereocenters. The van der Waals surface area contributed by atoms with Crippen LogP contribution in [0.25, 0.3) is 0 Å². The highest BCUT2D eigenvalue weighted by atomic mass is 15.0. The maximum Gasteiger partial charge on any atom is 0.122 e. The van der Waals surface area contributed by atoms with Gasteiger partial charge in [-0.3, -0.25) is 0 Å². The quantitative estimate of drug-likeness (QED) is 0.819. The van der Waals surface area contributed by atoms with Crippen molar-refractivity contribution in [3.05, 3.63) is 17.5 Å². The normalized spacial score (nSPS) is 10.8. The number of nitrogen functional groups attached to an aromatic ring is 1. The molecule has 17 heavy (non-hydrogen) atoms. The van der Waals surface area contributed by atoms with Gasteiger partial charge < -0.3 is 10.3 Å². The molecule has 0 saturated carbocycles. The third kappa shape index (κ3) is 3.52.